The fourth-order valence-electron chi connectivity index (χ4n) is 2.50. The molecule has 2 aromatic carbocycles. The second-order valence-corrected chi connectivity index (χ2v) is 5.04. The molecule has 0 unspecified atom stereocenters. The van der Waals surface area contributed by atoms with Gasteiger partial charge in [0.1, 0.15) is 5.82 Å². The van der Waals surface area contributed by atoms with Gasteiger partial charge in [-0.15, -0.1) is 0 Å². The van der Waals surface area contributed by atoms with Crippen LogP contribution < -0.4 is 5.32 Å². The number of hydrogen-bond acceptors (Lipinski definition) is 1. The number of benzene rings is 2. The molecule has 0 fully saturated rings. The Kier molecular flexibility index (Phi) is 4.91. The van der Waals surface area contributed by atoms with Gasteiger partial charge in [-0.3, -0.25) is 0 Å². The summed E-state index contributed by atoms with van der Waals surface area (Å²) in [5, 5.41) is 3.11. The Morgan fingerprint density at radius 3 is 2.25 bits per heavy atom. The lowest BCUT2D eigenvalue weighted by Gasteiger charge is -2.13. The summed E-state index contributed by atoms with van der Waals surface area (Å²) in [7, 11) is 1.90. The van der Waals surface area contributed by atoms with Crippen molar-refractivity contribution in [1.82, 2.24) is 5.32 Å². The minimum atomic E-state index is -0.146. The van der Waals surface area contributed by atoms with E-state index < -0.39 is 0 Å². The topological polar surface area (TPSA) is 12.0 Å². The van der Waals surface area contributed by atoms with Crippen LogP contribution in [0.5, 0.6) is 0 Å². The lowest BCUT2D eigenvalue weighted by atomic mass is 9.93. The second-order valence-electron chi connectivity index (χ2n) is 5.04. The third-order valence-corrected chi connectivity index (χ3v) is 3.67. The molecule has 0 aliphatic heterocycles. The van der Waals surface area contributed by atoms with Gasteiger partial charge >= 0.3 is 0 Å². The predicted molar refractivity (Wildman–Crippen MR) is 83.4 cm³/mol. The maximum atomic E-state index is 14.2. The molecular weight excluding hydrogens is 249 g/mol. The first-order valence-corrected chi connectivity index (χ1v) is 7.24. The number of hydrogen-bond donors (Lipinski definition) is 1. The van der Waals surface area contributed by atoms with Gasteiger partial charge in [-0.1, -0.05) is 38.1 Å². The lowest BCUT2D eigenvalue weighted by Crippen LogP contribution is -2.05. The molecule has 0 aliphatic rings. The van der Waals surface area contributed by atoms with Gasteiger partial charge in [0.25, 0.3) is 0 Å². The van der Waals surface area contributed by atoms with Crippen LogP contribution >= 0.6 is 0 Å². The maximum absolute atomic E-state index is 14.2. The van der Waals surface area contributed by atoms with Crippen LogP contribution in [0, 0.1) is 5.82 Å². The maximum Gasteiger partial charge on any atom is 0.131 e. The van der Waals surface area contributed by atoms with Gasteiger partial charge in [-0.25, -0.2) is 4.39 Å². The van der Waals surface area contributed by atoms with E-state index in [4.69, 9.17) is 0 Å². The van der Waals surface area contributed by atoms with Crippen molar-refractivity contribution in [2.75, 3.05) is 7.05 Å². The molecule has 2 rings (SSSR count). The molecule has 2 heteroatoms. The van der Waals surface area contributed by atoms with E-state index in [0.717, 1.165) is 30.5 Å². The van der Waals surface area contributed by atoms with Gasteiger partial charge in [0, 0.05) is 12.1 Å². The van der Waals surface area contributed by atoms with Crippen molar-refractivity contribution in [3.05, 3.63) is 58.9 Å². The summed E-state index contributed by atoms with van der Waals surface area (Å²) in [6.07, 6.45) is 1.88. The molecule has 1 nitrogen and oxygen atoms in total. The van der Waals surface area contributed by atoms with Crippen LogP contribution in [0.3, 0.4) is 0 Å². The van der Waals surface area contributed by atoms with E-state index in [1.807, 2.05) is 19.2 Å². The minimum absolute atomic E-state index is 0.146. The fraction of sp³-hybridized carbons (Fsp3) is 0.333. The van der Waals surface area contributed by atoms with Crippen LogP contribution in [-0.2, 0) is 19.4 Å². The lowest BCUT2D eigenvalue weighted by molar-refractivity contribution is 0.629. The van der Waals surface area contributed by atoms with Crippen molar-refractivity contribution in [3.63, 3.8) is 0 Å². The third kappa shape index (κ3) is 3.07. The van der Waals surface area contributed by atoms with Gasteiger partial charge in [-0.2, -0.15) is 0 Å². The van der Waals surface area contributed by atoms with Crippen LogP contribution in [0.2, 0.25) is 0 Å². The van der Waals surface area contributed by atoms with Crippen LogP contribution in [0.15, 0.2) is 36.4 Å². The largest absolute Gasteiger partial charge is 0.316 e. The summed E-state index contributed by atoms with van der Waals surface area (Å²) in [5.41, 5.74) is 5.29. The molecule has 0 spiro atoms. The Bertz CT molecular complexity index is 590. The highest BCUT2D eigenvalue weighted by Gasteiger charge is 2.10. The minimum Gasteiger partial charge on any atom is -0.316 e. The summed E-state index contributed by atoms with van der Waals surface area (Å²) in [6.45, 7) is 4.99. The number of rotatable bonds is 5. The van der Waals surface area contributed by atoms with E-state index >= 15 is 0 Å². The summed E-state index contributed by atoms with van der Waals surface area (Å²) >= 11 is 0. The Hall–Kier alpha value is -1.67. The Balaban J connectivity index is 2.56. The standard InChI is InChI=1S/C18H22FN/c1-4-13-6-8-15(5-2)16(10-13)17-11-14(12-20-3)7-9-18(17)19/h6-11,20H,4-5,12H2,1-3H3. The van der Waals surface area contributed by atoms with Crippen LogP contribution in [0.1, 0.15) is 30.5 Å². The molecule has 2 aromatic rings. The first kappa shape index (κ1) is 14.7. The van der Waals surface area contributed by atoms with Crippen LogP contribution in [-0.4, -0.2) is 7.05 Å². The first-order chi connectivity index (χ1) is 9.69. The smallest absolute Gasteiger partial charge is 0.131 e. The highest BCUT2D eigenvalue weighted by molar-refractivity contribution is 5.69. The van der Waals surface area contributed by atoms with E-state index in [0.29, 0.717) is 5.56 Å². The van der Waals surface area contributed by atoms with Gasteiger partial charge in [-0.05, 0) is 54.3 Å². The highest BCUT2D eigenvalue weighted by Crippen LogP contribution is 2.29. The molecule has 20 heavy (non-hydrogen) atoms. The van der Waals surface area contributed by atoms with Crippen molar-refractivity contribution in [3.8, 4) is 11.1 Å². The SMILES string of the molecule is CCc1ccc(CC)c(-c2cc(CNC)ccc2F)c1. The Labute approximate surface area is 120 Å². The highest BCUT2D eigenvalue weighted by atomic mass is 19.1. The molecule has 0 aliphatic carbocycles. The summed E-state index contributed by atoms with van der Waals surface area (Å²) < 4.78 is 14.2. The number of halogens is 1. The Morgan fingerprint density at radius 2 is 1.60 bits per heavy atom. The molecule has 0 heterocycles. The molecule has 0 saturated carbocycles. The molecule has 0 amide bonds. The van der Waals surface area contributed by atoms with E-state index in [9.17, 15) is 4.39 Å². The van der Waals surface area contributed by atoms with Gasteiger partial charge in [0.2, 0.25) is 0 Å². The molecule has 0 atom stereocenters. The molecule has 0 saturated heterocycles. The van der Waals surface area contributed by atoms with Gasteiger partial charge in [0.05, 0.1) is 0 Å². The van der Waals surface area contributed by atoms with E-state index in [2.05, 4.69) is 37.4 Å². The van der Waals surface area contributed by atoms with Crippen LogP contribution in [0.25, 0.3) is 11.1 Å². The molecular formula is C18H22FN. The van der Waals surface area contributed by atoms with Crippen molar-refractivity contribution in [2.24, 2.45) is 0 Å². The molecule has 0 radical (unpaired) electrons. The van der Waals surface area contributed by atoms with Crippen LogP contribution in [0.4, 0.5) is 4.39 Å². The fourth-order valence-corrected chi connectivity index (χ4v) is 2.50. The summed E-state index contributed by atoms with van der Waals surface area (Å²) in [6, 6.07) is 11.8. The number of aryl methyl sites for hydroxylation is 2. The zero-order chi connectivity index (χ0) is 14.5. The molecule has 0 bridgehead atoms. The van der Waals surface area contributed by atoms with Crippen molar-refractivity contribution in [1.29, 1.82) is 0 Å². The van der Waals surface area contributed by atoms with Gasteiger partial charge < -0.3 is 5.32 Å². The van der Waals surface area contributed by atoms with Crippen molar-refractivity contribution in [2.45, 2.75) is 33.2 Å². The monoisotopic (exact) mass is 271 g/mol. The zero-order valence-corrected chi connectivity index (χ0v) is 12.5. The predicted octanol–water partition coefficient (Wildman–Crippen LogP) is 4.34. The summed E-state index contributed by atoms with van der Waals surface area (Å²) in [4.78, 5) is 0. The summed E-state index contributed by atoms with van der Waals surface area (Å²) in [5.74, 6) is -0.146. The van der Waals surface area contributed by atoms with E-state index in [1.54, 1.807) is 6.07 Å². The van der Waals surface area contributed by atoms with E-state index in [-0.39, 0.29) is 5.82 Å². The van der Waals surface area contributed by atoms with Crippen molar-refractivity contribution < 1.29 is 4.39 Å². The zero-order valence-electron chi connectivity index (χ0n) is 12.5. The second kappa shape index (κ2) is 6.67. The average molecular weight is 271 g/mol. The first-order valence-electron chi connectivity index (χ1n) is 7.24. The molecule has 1 N–H and O–H groups in total. The quantitative estimate of drug-likeness (QED) is 0.853. The normalized spacial score (nSPS) is 10.8. The van der Waals surface area contributed by atoms with E-state index in [1.165, 1.54) is 11.1 Å². The average Bonchev–Trinajstić information content (AvgIpc) is 2.49. The molecule has 0 aromatic heterocycles. The van der Waals surface area contributed by atoms with Crippen molar-refractivity contribution >= 4 is 0 Å². The number of nitrogens with one attached hydrogen (secondary N) is 1. The van der Waals surface area contributed by atoms with Gasteiger partial charge in [0.15, 0.2) is 0 Å². The third-order valence-electron chi connectivity index (χ3n) is 3.67. The Morgan fingerprint density at radius 1 is 0.900 bits per heavy atom. The molecule has 106 valence electrons.